The van der Waals surface area contributed by atoms with Gasteiger partial charge in [0.15, 0.2) is 0 Å². The maximum Gasteiger partial charge on any atom is 0.0726 e. The van der Waals surface area contributed by atoms with Crippen LogP contribution in [-0.2, 0) is 21.7 Å². The molecule has 8 aromatic rings. The van der Waals surface area contributed by atoms with Crippen molar-refractivity contribution in [3.05, 3.63) is 220 Å². The molecule has 0 N–H and O–H groups in total. The van der Waals surface area contributed by atoms with Crippen LogP contribution in [0, 0.1) is 0 Å². The first-order valence-corrected chi connectivity index (χ1v) is 23.2. The lowest BCUT2D eigenvalue weighted by Crippen LogP contribution is -2.27. The molecule has 0 atom stereocenters. The first-order chi connectivity index (χ1) is 30.9. The van der Waals surface area contributed by atoms with Crippen molar-refractivity contribution in [2.45, 2.75) is 96.8 Å². The Kier molecular flexibility index (Phi) is 8.59. The highest BCUT2D eigenvalue weighted by atomic mass is 15.1. The van der Waals surface area contributed by atoms with Crippen LogP contribution in [0.2, 0.25) is 0 Å². The average molecular weight is 831 g/mol. The monoisotopic (exact) mass is 830 g/mol. The Bertz CT molecular complexity index is 3150. The van der Waals surface area contributed by atoms with E-state index in [2.05, 4.69) is 230 Å². The first-order valence-electron chi connectivity index (χ1n) is 23.7. The maximum absolute atomic E-state index is 8.57. The summed E-state index contributed by atoms with van der Waals surface area (Å²) in [6, 6.07) is 64.7. The second-order valence-electron chi connectivity index (χ2n) is 21.4. The molecular formula is C63H59N. The molecule has 0 radical (unpaired) electrons. The summed E-state index contributed by atoms with van der Waals surface area (Å²) in [6.07, 6.45) is 0. The number of rotatable bonds is 5. The molecule has 0 aliphatic heterocycles. The van der Waals surface area contributed by atoms with E-state index in [1.54, 1.807) is 0 Å². The van der Waals surface area contributed by atoms with Crippen molar-refractivity contribution in [3.63, 3.8) is 0 Å². The largest absolute Gasteiger partial charge is 0.310 e. The van der Waals surface area contributed by atoms with Crippen LogP contribution in [0.15, 0.2) is 170 Å². The van der Waals surface area contributed by atoms with Crippen molar-refractivity contribution in [1.29, 1.82) is 0 Å². The van der Waals surface area contributed by atoms with Gasteiger partial charge in [0, 0.05) is 23.8 Å². The fourth-order valence-corrected chi connectivity index (χ4v) is 11.3. The maximum atomic E-state index is 8.57. The normalized spacial score (nSPS) is 15.2. The van der Waals surface area contributed by atoms with E-state index in [-0.39, 0.29) is 16.2 Å². The van der Waals surface area contributed by atoms with Crippen molar-refractivity contribution in [1.82, 2.24) is 0 Å². The third-order valence-corrected chi connectivity index (χ3v) is 14.9. The number of benzene rings is 8. The second kappa shape index (κ2) is 14.0. The van der Waals surface area contributed by atoms with Gasteiger partial charge in [0.25, 0.3) is 0 Å². The van der Waals surface area contributed by atoms with Crippen LogP contribution in [0.5, 0.6) is 0 Å². The molecule has 3 aliphatic carbocycles. The highest BCUT2D eigenvalue weighted by Gasteiger charge is 2.52. The lowest BCUT2D eigenvalue weighted by molar-refractivity contribution is 0.586. The fraction of sp³-hybridized carbons (Fsp3) is 0.238. The van der Waals surface area contributed by atoms with E-state index in [0.29, 0.717) is 0 Å². The van der Waals surface area contributed by atoms with Gasteiger partial charge in [-0.1, -0.05) is 203 Å². The Hall–Kier alpha value is -6.44. The van der Waals surface area contributed by atoms with Gasteiger partial charge in [-0.15, -0.1) is 0 Å². The molecule has 64 heavy (non-hydrogen) atoms. The van der Waals surface area contributed by atoms with Crippen LogP contribution >= 0.6 is 0 Å². The molecule has 0 saturated carbocycles. The zero-order valence-corrected chi connectivity index (χ0v) is 39.1. The summed E-state index contributed by atoms with van der Waals surface area (Å²) in [6.45, 7) is 22.6. The van der Waals surface area contributed by atoms with Gasteiger partial charge in [-0.25, -0.2) is 0 Å². The summed E-state index contributed by atoms with van der Waals surface area (Å²) >= 11 is 0. The van der Waals surface area contributed by atoms with Crippen molar-refractivity contribution in [2.75, 3.05) is 4.90 Å². The summed E-state index contributed by atoms with van der Waals surface area (Å²) in [5, 5.41) is 0. The smallest absolute Gasteiger partial charge is 0.0726 e. The van der Waals surface area contributed by atoms with Crippen LogP contribution < -0.4 is 4.90 Å². The van der Waals surface area contributed by atoms with Gasteiger partial charge in [0.2, 0.25) is 0 Å². The van der Waals surface area contributed by atoms with Gasteiger partial charge in [-0.3, -0.25) is 0 Å². The molecule has 1 heteroatoms. The minimum Gasteiger partial charge on any atom is -0.310 e. The second-order valence-corrected chi connectivity index (χ2v) is 21.4. The molecule has 0 saturated heterocycles. The predicted molar refractivity (Wildman–Crippen MR) is 272 cm³/mol. The predicted octanol–water partition coefficient (Wildman–Crippen LogP) is 17.2. The number of fused-ring (bicyclic) bond motifs is 13. The molecule has 0 heterocycles. The summed E-state index contributed by atoms with van der Waals surface area (Å²) in [5.74, 6) is -0.642. The van der Waals surface area contributed by atoms with Crippen LogP contribution in [-0.4, -0.2) is 0 Å². The Balaban J connectivity index is 1.15. The molecule has 3 aliphatic rings. The molecule has 1 spiro atoms. The van der Waals surface area contributed by atoms with Gasteiger partial charge in [0.05, 0.1) is 5.41 Å². The van der Waals surface area contributed by atoms with Crippen molar-refractivity contribution in [3.8, 4) is 44.5 Å². The quantitative estimate of drug-likeness (QED) is 0.167. The van der Waals surface area contributed by atoms with E-state index in [1.807, 2.05) is 13.8 Å². The van der Waals surface area contributed by atoms with E-state index in [4.69, 9.17) is 1.37 Å². The standard InChI is InChI=1S/C63H59N/c1-39(2)40-19-21-41(22-20-40)42-23-27-45(28-24-42)64(46-29-33-50-48-15-11-13-17-54(48)62(9,10)56(50)37-46)47-30-34-53-49-16-12-14-18-55(49)63(59(53)38-47)57-35-43(60(3,4)5)25-31-51(57)52-32-26-44(36-58(52)63)61(6,7)8/h11-39H,1-10H3/i39D. The molecule has 11 rings (SSSR count). The third kappa shape index (κ3) is 5.89. The molecular weight excluding hydrogens is 771 g/mol. The van der Waals surface area contributed by atoms with Crippen LogP contribution in [0.1, 0.15) is 127 Å². The first kappa shape index (κ1) is 39.2. The van der Waals surface area contributed by atoms with E-state index in [0.717, 1.165) is 33.8 Å². The van der Waals surface area contributed by atoms with Crippen molar-refractivity contribution in [2.24, 2.45) is 0 Å². The molecule has 0 unspecified atom stereocenters. The summed E-state index contributed by atoms with van der Waals surface area (Å²) < 4.78 is 8.57. The van der Waals surface area contributed by atoms with Gasteiger partial charge >= 0.3 is 0 Å². The zero-order chi connectivity index (χ0) is 45.4. The van der Waals surface area contributed by atoms with Gasteiger partial charge < -0.3 is 4.90 Å². The summed E-state index contributed by atoms with van der Waals surface area (Å²) in [4.78, 5) is 2.49. The van der Waals surface area contributed by atoms with Crippen molar-refractivity contribution < 1.29 is 1.37 Å². The topological polar surface area (TPSA) is 3.24 Å². The number of nitrogens with zero attached hydrogens (tertiary/aromatic N) is 1. The highest BCUT2D eigenvalue weighted by Crippen LogP contribution is 2.64. The van der Waals surface area contributed by atoms with Gasteiger partial charge in [-0.2, -0.15) is 0 Å². The molecule has 0 aromatic heterocycles. The average Bonchev–Trinajstić information content (AvgIpc) is 3.83. The van der Waals surface area contributed by atoms with Crippen LogP contribution in [0.3, 0.4) is 0 Å². The lowest BCUT2D eigenvalue weighted by Gasteiger charge is -2.34. The molecule has 0 amide bonds. The minimum absolute atomic E-state index is 0.0193. The van der Waals surface area contributed by atoms with Crippen LogP contribution in [0.4, 0.5) is 17.1 Å². The van der Waals surface area contributed by atoms with E-state index >= 15 is 0 Å². The number of hydrogen-bond donors (Lipinski definition) is 0. The molecule has 0 fully saturated rings. The van der Waals surface area contributed by atoms with E-state index < -0.39 is 11.3 Å². The minimum atomic E-state index is -0.642. The summed E-state index contributed by atoms with van der Waals surface area (Å²) in [5.41, 5.74) is 24.8. The number of hydrogen-bond acceptors (Lipinski definition) is 1. The Morgan fingerprint density at radius 1 is 0.406 bits per heavy atom. The Morgan fingerprint density at radius 2 is 0.797 bits per heavy atom. The summed E-state index contributed by atoms with van der Waals surface area (Å²) in [7, 11) is 0. The zero-order valence-electron chi connectivity index (χ0n) is 40.1. The van der Waals surface area contributed by atoms with E-state index in [1.165, 1.54) is 77.9 Å². The SMILES string of the molecule is [2H]C(C)(C)c1ccc(-c2ccc(N(c3ccc4c(c3)C(C)(C)c3ccccc3-4)c3ccc4c(c3)C3(c5ccccc5-4)c4cc(C(C)(C)C)ccc4-c4ccc(C(C)(C)C)cc43)cc2)cc1. The number of anilines is 3. The molecule has 1 nitrogen and oxygen atoms in total. The van der Waals surface area contributed by atoms with E-state index in [9.17, 15) is 0 Å². The third-order valence-electron chi connectivity index (χ3n) is 14.9. The molecule has 8 aromatic carbocycles. The Morgan fingerprint density at radius 3 is 1.31 bits per heavy atom. The lowest BCUT2D eigenvalue weighted by atomic mass is 9.68. The fourth-order valence-electron chi connectivity index (χ4n) is 11.3. The van der Waals surface area contributed by atoms with Crippen LogP contribution in [0.25, 0.3) is 44.5 Å². The van der Waals surface area contributed by atoms with Crippen molar-refractivity contribution >= 4 is 17.1 Å². The molecule has 316 valence electrons. The Labute approximate surface area is 382 Å². The molecule has 0 bridgehead atoms. The van der Waals surface area contributed by atoms with Gasteiger partial charge in [0.1, 0.15) is 0 Å². The van der Waals surface area contributed by atoms with Gasteiger partial charge in [-0.05, 0) is 148 Å². The highest BCUT2D eigenvalue weighted by molar-refractivity contribution is 5.97.